The van der Waals surface area contributed by atoms with Gasteiger partial charge in [0, 0.05) is 17.2 Å². The van der Waals surface area contributed by atoms with Crippen LogP contribution in [0.4, 0.5) is 0 Å². The normalized spacial score (nSPS) is 13.6. The van der Waals surface area contributed by atoms with Crippen molar-refractivity contribution in [3.05, 3.63) is 66.7 Å². The highest BCUT2D eigenvalue weighted by molar-refractivity contribution is 5.66. The van der Waals surface area contributed by atoms with Crippen LogP contribution in [0.5, 0.6) is 0 Å². The third-order valence-corrected chi connectivity index (χ3v) is 3.29. The van der Waals surface area contributed by atoms with E-state index in [9.17, 15) is 0 Å². The molecule has 0 fully saturated rings. The summed E-state index contributed by atoms with van der Waals surface area (Å²) in [5, 5.41) is 0. The fourth-order valence-electron chi connectivity index (χ4n) is 2.25. The highest BCUT2D eigenvalue weighted by Gasteiger charge is 2.19. The molecule has 0 saturated carbocycles. The third-order valence-electron chi connectivity index (χ3n) is 3.29. The van der Waals surface area contributed by atoms with E-state index in [4.69, 9.17) is 4.11 Å². The van der Waals surface area contributed by atoms with Crippen LogP contribution >= 0.6 is 0 Å². The summed E-state index contributed by atoms with van der Waals surface area (Å²) in [6.07, 6.45) is 0. The summed E-state index contributed by atoms with van der Waals surface area (Å²) >= 11 is 0. The van der Waals surface area contributed by atoms with E-state index >= 15 is 0 Å². The molecule has 0 spiro atoms. The first-order valence-electron chi connectivity index (χ1n) is 7.72. The highest BCUT2D eigenvalue weighted by Crippen LogP contribution is 2.23. The standard InChI is InChI=1S/C17H17N2/c1-18-16(14-9-5-3-6-10-14)13-17(19(18)2)15-11-7-4-8-12-15/h3-13H,1-2H3/q+1/i1D3. The van der Waals surface area contributed by atoms with Gasteiger partial charge < -0.3 is 0 Å². The maximum absolute atomic E-state index is 7.86. The van der Waals surface area contributed by atoms with Crippen molar-refractivity contribution >= 4 is 0 Å². The minimum atomic E-state index is -2.24. The van der Waals surface area contributed by atoms with Gasteiger partial charge in [-0.25, -0.2) is 0 Å². The summed E-state index contributed by atoms with van der Waals surface area (Å²) < 4.78 is 26.6. The number of hydrogen-bond acceptors (Lipinski definition) is 0. The van der Waals surface area contributed by atoms with E-state index in [1.54, 1.807) is 11.7 Å². The second kappa shape index (κ2) is 4.73. The quantitative estimate of drug-likeness (QED) is 0.619. The maximum Gasteiger partial charge on any atom is 0.238 e. The monoisotopic (exact) mass is 252 g/mol. The molecule has 19 heavy (non-hydrogen) atoms. The van der Waals surface area contributed by atoms with Crippen molar-refractivity contribution in [2.45, 2.75) is 0 Å². The van der Waals surface area contributed by atoms with Crippen LogP contribution in [0.2, 0.25) is 0 Å². The van der Waals surface area contributed by atoms with Crippen molar-refractivity contribution in [1.29, 1.82) is 0 Å². The van der Waals surface area contributed by atoms with Crippen LogP contribution < -0.4 is 4.68 Å². The molecule has 0 atom stereocenters. The first-order chi connectivity index (χ1) is 10.5. The molecule has 3 aromatic rings. The van der Waals surface area contributed by atoms with Gasteiger partial charge in [0.25, 0.3) is 0 Å². The molecule has 0 saturated heterocycles. The van der Waals surface area contributed by atoms with Gasteiger partial charge in [-0.2, -0.15) is 4.68 Å². The van der Waals surface area contributed by atoms with Crippen LogP contribution in [0.15, 0.2) is 66.7 Å². The Morgan fingerprint density at radius 2 is 1.47 bits per heavy atom. The van der Waals surface area contributed by atoms with E-state index in [0.717, 1.165) is 16.8 Å². The zero-order valence-electron chi connectivity index (χ0n) is 13.7. The third kappa shape index (κ3) is 2.06. The van der Waals surface area contributed by atoms with Gasteiger partial charge >= 0.3 is 0 Å². The van der Waals surface area contributed by atoms with Crippen molar-refractivity contribution in [2.24, 2.45) is 14.0 Å². The van der Waals surface area contributed by atoms with Crippen LogP contribution in [0, 0.1) is 0 Å². The van der Waals surface area contributed by atoms with Crippen LogP contribution in [-0.4, -0.2) is 4.68 Å². The van der Waals surface area contributed by atoms with Gasteiger partial charge in [-0.15, -0.1) is 4.68 Å². The molecule has 2 aromatic carbocycles. The average molecular weight is 252 g/mol. The van der Waals surface area contributed by atoms with Crippen molar-refractivity contribution in [2.75, 3.05) is 0 Å². The van der Waals surface area contributed by atoms with Crippen molar-refractivity contribution < 1.29 is 8.79 Å². The van der Waals surface area contributed by atoms with Crippen LogP contribution in [0.25, 0.3) is 22.5 Å². The molecule has 0 aliphatic rings. The Hall–Kier alpha value is -2.35. The summed E-state index contributed by atoms with van der Waals surface area (Å²) in [6.45, 7) is -2.24. The molecule has 2 heteroatoms. The molecule has 0 aliphatic heterocycles. The van der Waals surface area contributed by atoms with E-state index in [1.807, 2.05) is 66.7 Å². The topological polar surface area (TPSA) is 8.81 Å². The van der Waals surface area contributed by atoms with Gasteiger partial charge in [0.1, 0.15) is 9.81 Å². The van der Waals surface area contributed by atoms with Gasteiger partial charge in [-0.1, -0.05) is 48.5 Å². The molecule has 3 rings (SSSR count). The lowest BCUT2D eigenvalue weighted by Crippen LogP contribution is -2.39. The van der Waals surface area contributed by atoms with Gasteiger partial charge in [-0.3, -0.25) is 0 Å². The van der Waals surface area contributed by atoms with Gasteiger partial charge in [0.2, 0.25) is 5.69 Å². The Kier molecular flexibility index (Phi) is 2.17. The van der Waals surface area contributed by atoms with Crippen LogP contribution in [0.3, 0.4) is 0 Å². The van der Waals surface area contributed by atoms with Crippen molar-refractivity contribution in [3.63, 3.8) is 0 Å². The molecular formula is C17H17N2+. The molecule has 1 aromatic heterocycles. The minimum absolute atomic E-state index is 0.682. The van der Waals surface area contributed by atoms with Crippen molar-refractivity contribution in [3.8, 4) is 22.5 Å². The summed E-state index contributed by atoms with van der Waals surface area (Å²) in [6, 6.07) is 21.3. The first-order valence-corrected chi connectivity index (χ1v) is 6.22. The smallest absolute Gasteiger partial charge is 0.156 e. The lowest BCUT2D eigenvalue weighted by atomic mass is 10.1. The second-order valence-electron chi connectivity index (χ2n) is 4.48. The lowest BCUT2D eigenvalue weighted by Gasteiger charge is -1.99. The van der Waals surface area contributed by atoms with E-state index < -0.39 is 6.98 Å². The Morgan fingerprint density at radius 1 is 0.895 bits per heavy atom. The van der Waals surface area contributed by atoms with E-state index in [0.29, 0.717) is 5.69 Å². The number of aromatic nitrogens is 2. The predicted octanol–water partition coefficient (Wildman–Crippen LogP) is 3.18. The number of rotatable bonds is 2. The molecule has 94 valence electrons. The van der Waals surface area contributed by atoms with Gasteiger partial charge in [-0.05, 0) is 12.1 Å². The van der Waals surface area contributed by atoms with Crippen molar-refractivity contribution in [1.82, 2.24) is 4.68 Å². The van der Waals surface area contributed by atoms with Gasteiger partial charge in [0.05, 0.1) is 7.05 Å². The Morgan fingerprint density at radius 3 is 2.05 bits per heavy atom. The largest absolute Gasteiger partial charge is 0.238 e. The first kappa shape index (κ1) is 8.70. The number of hydrogen-bond donors (Lipinski definition) is 0. The number of nitrogens with zero attached hydrogens (tertiary/aromatic N) is 2. The number of benzene rings is 2. The van der Waals surface area contributed by atoms with E-state index in [-0.39, 0.29) is 0 Å². The van der Waals surface area contributed by atoms with Gasteiger partial charge in [0.15, 0.2) is 6.98 Å². The Labute approximate surface area is 117 Å². The summed E-state index contributed by atoms with van der Waals surface area (Å²) in [5.41, 5.74) is 3.43. The van der Waals surface area contributed by atoms with E-state index in [1.165, 1.54) is 4.68 Å². The Balaban J connectivity index is 2.26. The van der Waals surface area contributed by atoms with E-state index in [2.05, 4.69) is 0 Å². The zero-order valence-corrected chi connectivity index (χ0v) is 10.7. The van der Waals surface area contributed by atoms with Crippen LogP contribution in [-0.2, 0) is 14.0 Å². The molecule has 0 amide bonds. The second-order valence-corrected chi connectivity index (χ2v) is 4.48. The Bertz CT molecular complexity index is 775. The average Bonchev–Trinajstić information content (AvgIpc) is 2.87. The summed E-state index contributed by atoms with van der Waals surface area (Å²) in [7, 11) is 1.78. The fraction of sp³-hybridized carbons (Fsp3) is 0.118. The molecular weight excluding hydrogens is 232 g/mol. The molecule has 0 N–H and O–H groups in total. The zero-order chi connectivity index (χ0) is 15.7. The summed E-state index contributed by atoms with van der Waals surface area (Å²) in [5.74, 6) is 0. The molecule has 2 nitrogen and oxygen atoms in total. The lowest BCUT2D eigenvalue weighted by molar-refractivity contribution is -0.740. The molecule has 0 radical (unpaired) electrons. The summed E-state index contributed by atoms with van der Waals surface area (Å²) in [4.78, 5) is 0. The molecule has 0 bridgehead atoms. The molecule has 0 aliphatic carbocycles. The van der Waals surface area contributed by atoms with Crippen LogP contribution in [0.1, 0.15) is 4.11 Å². The molecule has 1 heterocycles. The highest BCUT2D eigenvalue weighted by atomic mass is 15.4. The molecule has 0 unspecified atom stereocenters. The minimum Gasteiger partial charge on any atom is -0.156 e. The SMILES string of the molecule is [2H]C([2H])([2H])[n+]1c(-c2ccccc2)cc(-c2ccccc2)n1C. The fourth-order valence-corrected chi connectivity index (χ4v) is 2.25. The maximum atomic E-state index is 7.86. The predicted molar refractivity (Wildman–Crippen MR) is 77.5 cm³/mol.